The highest BCUT2D eigenvalue weighted by Gasteiger charge is 2.34. The van der Waals surface area contributed by atoms with Crippen LogP contribution in [-0.2, 0) is 0 Å². The van der Waals surface area contributed by atoms with Crippen molar-refractivity contribution in [3.8, 4) is 11.5 Å². The monoisotopic (exact) mass is 429 g/mol. The Morgan fingerprint density at radius 2 is 1.62 bits per heavy atom. The van der Waals surface area contributed by atoms with Gasteiger partial charge < -0.3 is 14.4 Å². The third kappa shape index (κ3) is 4.17. The van der Waals surface area contributed by atoms with Crippen LogP contribution in [0, 0.1) is 0 Å². The van der Waals surface area contributed by atoms with E-state index < -0.39 is 0 Å². The van der Waals surface area contributed by atoms with Crippen LogP contribution in [0.2, 0.25) is 0 Å². The van der Waals surface area contributed by atoms with Crippen LogP contribution >= 0.6 is 0 Å². The first kappa shape index (κ1) is 21.4. The van der Waals surface area contributed by atoms with Crippen LogP contribution in [0.1, 0.15) is 33.9 Å². The average molecular weight is 430 g/mol. The second-order valence-electron chi connectivity index (χ2n) is 7.84. The van der Waals surface area contributed by atoms with Crippen molar-refractivity contribution in [1.29, 1.82) is 0 Å². The van der Waals surface area contributed by atoms with Crippen LogP contribution in [0.3, 0.4) is 0 Å². The molecule has 0 radical (unpaired) electrons. The Bertz CT molecular complexity index is 1120. The molecule has 0 fully saturated rings. The molecule has 32 heavy (non-hydrogen) atoms. The van der Waals surface area contributed by atoms with E-state index in [1.807, 2.05) is 62.6 Å². The van der Waals surface area contributed by atoms with Crippen molar-refractivity contribution >= 4 is 17.3 Å². The van der Waals surface area contributed by atoms with Crippen molar-refractivity contribution in [3.63, 3.8) is 0 Å². The topological polar surface area (TPSA) is 54.4 Å². The Morgan fingerprint density at radius 3 is 2.25 bits per heavy atom. The molecule has 1 amide bonds. The highest BCUT2D eigenvalue weighted by atomic mass is 16.5. The van der Waals surface area contributed by atoms with E-state index in [4.69, 9.17) is 14.6 Å². The van der Waals surface area contributed by atoms with E-state index in [0.717, 1.165) is 22.5 Å². The van der Waals surface area contributed by atoms with E-state index in [2.05, 4.69) is 29.2 Å². The summed E-state index contributed by atoms with van der Waals surface area (Å²) in [6, 6.07) is 23.0. The fraction of sp³-hybridized carbons (Fsp3) is 0.231. The minimum Gasteiger partial charge on any atom is -0.493 e. The zero-order valence-corrected chi connectivity index (χ0v) is 18.8. The quantitative estimate of drug-likeness (QED) is 0.567. The fourth-order valence-corrected chi connectivity index (χ4v) is 3.86. The van der Waals surface area contributed by atoms with Crippen molar-refractivity contribution in [3.05, 3.63) is 89.5 Å². The number of benzene rings is 3. The third-order valence-corrected chi connectivity index (χ3v) is 5.65. The summed E-state index contributed by atoms with van der Waals surface area (Å²) in [6.07, 6.45) is 0.607. The van der Waals surface area contributed by atoms with Crippen molar-refractivity contribution < 1.29 is 14.3 Å². The lowest BCUT2D eigenvalue weighted by Crippen LogP contribution is -2.27. The van der Waals surface area contributed by atoms with Crippen LogP contribution in [0.4, 0.5) is 5.69 Å². The zero-order valence-electron chi connectivity index (χ0n) is 18.8. The summed E-state index contributed by atoms with van der Waals surface area (Å²) >= 11 is 0. The van der Waals surface area contributed by atoms with Crippen molar-refractivity contribution in [2.45, 2.75) is 12.5 Å². The molecule has 6 heteroatoms. The van der Waals surface area contributed by atoms with E-state index in [1.54, 1.807) is 19.2 Å². The molecule has 1 atom stereocenters. The van der Waals surface area contributed by atoms with Crippen LogP contribution in [0.5, 0.6) is 11.5 Å². The smallest absolute Gasteiger partial charge is 0.274 e. The molecule has 3 aromatic carbocycles. The Balaban J connectivity index is 1.72. The second kappa shape index (κ2) is 9.14. The number of hydrogen-bond donors (Lipinski definition) is 0. The molecule has 3 aromatic rings. The highest BCUT2D eigenvalue weighted by Crippen LogP contribution is 2.36. The first-order valence-corrected chi connectivity index (χ1v) is 10.5. The van der Waals surface area contributed by atoms with Gasteiger partial charge in [-0.2, -0.15) is 5.10 Å². The van der Waals surface area contributed by atoms with Gasteiger partial charge in [-0.05, 0) is 48.0 Å². The second-order valence-corrected chi connectivity index (χ2v) is 7.84. The molecule has 1 heterocycles. The van der Waals surface area contributed by atoms with Gasteiger partial charge in [-0.3, -0.25) is 4.79 Å². The number of hydrazone groups is 1. The van der Waals surface area contributed by atoms with Gasteiger partial charge in [-0.1, -0.05) is 30.3 Å². The van der Waals surface area contributed by atoms with Crippen LogP contribution in [0.15, 0.2) is 77.9 Å². The average Bonchev–Trinajstić information content (AvgIpc) is 3.29. The number of amides is 1. The van der Waals surface area contributed by atoms with Crippen molar-refractivity contribution in [2.75, 3.05) is 33.2 Å². The molecule has 0 saturated carbocycles. The predicted molar refractivity (Wildman–Crippen MR) is 127 cm³/mol. The van der Waals surface area contributed by atoms with Gasteiger partial charge in [0.05, 0.1) is 26.0 Å². The largest absolute Gasteiger partial charge is 0.493 e. The number of carbonyl (C=O) groups is 1. The van der Waals surface area contributed by atoms with Gasteiger partial charge in [0, 0.05) is 37.3 Å². The predicted octanol–water partition coefficient (Wildman–Crippen LogP) is 4.76. The molecular formula is C26H27N3O3. The summed E-state index contributed by atoms with van der Waals surface area (Å²) in [6.45, 7) is 0. The summed E-state index contributed by atoms with van der Waals surface area (Å²) in [7, 11) is 7.24. The van der Waals surface area contributed by atoms with Crippen molar-refractivity contribution in [1.82, 2.24) is 5.01 Å². The minimum atomic E-state index is -0.193. The Labute approximate surface area is 188 Å². The lowest BCUT2D eigenvalue weighted by Gasteiger charge is -2.23. The SMILES string of the molecule is COc1ccc(C2=NN(C(=O)c3ccccc3)C(c3ccc(N(C)C)cc3)C2)cc1OC. The highest BCUT2D eigenvalue weighted by molar-refractivity contribution is 6.05. The van der Waals surface area contributed by atoms with Crippen LogP contribution in [0.25, 0.3) is 0 Å². The Morgan fingerprint density at radius 1 is 0.938 bits per heavy atom. The first-order chi connectivity index (χ1) is 15.5. The number of hydrogen-bond acceptors (Lipinski definition) is 5. The van der Waals surface area contributed by atoms with E-state index in [9.17, 15) is 4.79 Å². The van der Waals surface area contributed by atoms with E-state index in [0.29, 0.717) is 23.5 Å². The van der Waals surface area contributed by atoms with E-state index >= 15 is 0 Å². The van der Waals surface area contributed by atoms with Gasteiger partial charge >= 0.3 is 0 Å². The molecule has 0 spiro atoms. The first-order valence-electron chi connectivity index (χ1n) is 10.5. The third-order valence-electron chi connectivity index (χ3n) is 5.65. The fourth-order valence-electron chi connectivity index (χ4n) is 3.86. The molecule has 1 aliphatic heterocycles. The summed E-state index contributed by atoms with van der Waals surface area (Å²) < 4.78 is 10.8. The molecule has 6 nitrogen and oxygen atoms in total. The van der Waals surface area contributed by atoms with Gasteiger partial charge in [0.15, 0.2) is 11.5 Å². The zero-order chi connectivity index (χ0) is 22.7. The molecule has 0 aromatic heterocycles. The molecule has 4 rings (SSSR count). The van der Waals surface area contributed by atoms with Gasteiger partial charge in [0.1, 0.15) is 0 Å². The van der Waals surface area contributed by atoms with Gasteiger partial charge in [0.25, 0.3) is 5.91 Å². The van der Waals surface area contributed by atoms with Gasteiger partial charge in [-0.15, -0.1) is 0 Å². The normalized spacial score (nSPS) is 15.3. The molecule has 0 N–H and O–H groups in total. The molecule has 0 bridgehead atoms. The molecule has 0 aliphatic carbocycles. The van der Waals surface area contributed by atoms with E-state index in [1.165, 1.54) is 0 Å². The summed E-state index contributed by atoms with van der Waals surface area (Å²) in [5, 5.41) is 6.38. The molecule has 0 saturated heterocycles. The minimum absolute atomic E-state index is 0.122. The number of methoxy groups -OCH3 is 2. The molecule has 1 aliphatic rings. The standard InChI is InChI=1S/C26H27N3O3/c1-28(2)21-13-10-18(11-14-21)23-17-22(20-12-15-24(31-3)25(16-20)32-4)27-29(23)26(30)19-8-6-5-7-9-19/h5-16,23H,17H2,1-4H3. The maximum absolute atomic E-state index is 13.4. The maximum atomic E-state index is 13.4. The number of rotatable bonds is 6. The Hall–Kier alpha value is -3.80. The lowest BCUT2D eigenvalue weighted by atomic mass is 9.97. The number of carbonyl (C=O) groups excluding carboxylic acids is 1. The molecule has 1 unspecified atom stereocenters. The van der Waals surface area contributed by atoms with E-state index in [-0.39, 0.29) is 11.9 Å². The number of nitrogens with zero attached hydrogens (tertiary/aromatic N) is 3. The van der Waals surface area contributed by atoms with Crippen LogP contribution in [-0.4, -0.2) is 44.9 Å². The lowest BCUT2D eigenvalue weighted by molar-refractivity contribution is 0.0711. The molecular weight excluding hydrogens is 402 g/mol. The van der Waals surface area contributed by atoms with Gasteiger partial charge in [0.2, 0.25) is 0 Å². The summed E-state index contributed by atoms with van der Waals surface area (Å²) in [4.78, 5) is 15.4. The van der Waals surface area contributed by atoms with Crippen molar-refractivity contribution in [2.24, 2.45) is 5.10 Å². The molecule has 164 valence electrons. The summed E-state index contributed by atoms with van der Waals surface area (Å²) in [5.41, 5.74) is 4.49. The Kier molecular flexibility index (Phi) is 6.12. The summed E-state index contributed by atoms with van der Waals surface area (Å²) in [5.74, 6) is 1.16. The van der Waals surface area contributed by atoms with Crippen LogP contribution < -0.4 is 14.4 Å². The van der Waals surface area contributed by atoms with Gasteiger partial charge in [-0.25, -0.2) is 5.01 Å². The number of anilines is 1. The number of ether oxygens (including phenoxy) is 2. The maximum Gasteiger partial charge on any atom is 0.274 e.